The Hall–Kier alpha value is -5.87. The topological polar surface area (TPSA) is 367 Å². The van der Waals surface area contributed by atoms with Gasteiger partial charge in [0.15, 0.2) is 0 Å². The van der Waals surface area contributed by atoms with Crippen molar-refractivity contribution in [1.29, 1.82) is 0 Å². The molecule has 2 aliphatic heterocycles. The number of carboxylic acids is 3. The fourth-order valence-electron chi connectivity index (χ4n) is 6.79. The van der Waals surface area contributed by atoms with E-state index in [-0.39, 0.29) is 51.1 Å². The van der Waals surface area contributed by atoms with Crippen molar-refractivity contribution >= 4 is 65.2 Å². The van der Waals surface area contributed by atoms with Crippen molar-refractivity contribution in [2.45, 2.75) is 128 Å². The molecule has 23 nitrogen and oxygen atoms in total. The van der Waals surface area contributed by atoms with Crippen molar-refractivity contribution in [3.8, 4) is 0 Å². The first kappa shape index (κ1) is 49.3. The second kappa shape index (κ2) is 22.9. The Labute approximate surface area is 340 Å². The van der Waals surface area contributed by atoms with Crippen LogP contribution in [0.5, 0.6) is 0 Å². The van der Waals surface area contributed by atoms with Gasteiger partial charge in [-0.25, -0.2) is 0 Å². The van der Waals surface area contributed by atoms with Crippen molar-refractivity contribution in [2.75, 3.05) is 19.6 Å². The molecule has 0 aromatic heterocycles. The number of carboxylic acid groups (broad SMARTS) is 3. The van der Waals surface area contributed by atoms with Crippen molar-refractivity contribution in [1.82, 2.24) is 36.4 Å². The molecule has 7 atom stereocenters. The van der Waals surface area contributed by atoms with Crippen LogP contribution in [0.2, 0.25) is 0 Å². The second-order valence-corrected chi connectivity index (χ2v) is 15.3. The molecule has 12 N–H and O–H groups in total. The number of aliphatic carboxylic acids is 3. The Balaban J connectivity index is 2.26. The third-order valence-electron chi connectivity index (χ3n) is 9.70. The molecule has 0 bridgehead atoms. The molecule has 0 saturated carbocycles. The molecule has 0 radical (unpaired) electrons. The molecule has 0 spiro atoms. The highest BCUT2D eigenvalue weighted by Gasteiger charge is 2.42. The van der Waals surface area contributed by atoms with Crippen LogP contribution in [0.1, 0.15) is 85.5 Å². The minimum absolute atomic E-state index is 0.0686. The van der Waals surface area contributed by atoms with Gasteiger partial charge in [0, 0.05) is 19.5 Å². The van der Waals surface area contributed by atoms with E-state index in [1.807, 2.05) is 5.32 Å². The van der Waals surface area contributed by atoms with Gasteiger partial charge in [0.25, 0.3) is 0 Å². The number of nitrogens with zero attached hydrogens (tertiary/aromatic N) is 2. The maximum Gasteiger partial charge on any atom is 0.322 e. The molecule has 2 aliphatic rings. The minimum atomic E-state index is -1.65. The quantitative estimate of drug-likeness (QED) is 0.0474. The maximum absolute atomic E-state index is 14.0. The van der Waals surface area contributed by atoms with Crippen LogP contribution in [0.15, 0.2) is 0 Å². The SMILES string of the molecule is CC(C)C[C@H](NC(=O)[C@@H](NC(=O)[C@@H]1CCCN1C(=O)[C@H](CCC(N)=O)NC(=O)[C@@H](N)CC(=O)O)C(C)C)C(=O)N1CCC[C@H]1C(=O)N[C@@H](CC(=O)O)C(=O)NCC(=O)O. The lowest BCUT2D eigenvalue weighted by Crippen LogP contribution is -2.60. The zero-order valence-corrected chi connectivity index (χ0v) is 33.6. The molecular formula is C36H57N9O14. The van der Waals surface area contributed by atoms with Gasteiger partial charge in [-0.3, -0.25) is 52.7 Å². The highest BCUT2D eigenvalue weighted by atomic mass is 16.4. The normalized spacial score (nSPS) is 18.8. The number of hydrogen-bond acceptors (Lipinski definition) is 12. The van der Waals surface area contributed by atoms with Crippen LogP contribution < -0.4 is 38.1 Å². The van der Waals surface area contributed by atoms with Gasteiger partial charge < -0.3 is 63.2 Å². The Kier molecular flexibility index (Phi) is 19.1. The smallest absolute Gasteiger partial charge is 0.322 e. The van der Waals surface area contributed by atoms with E-state index in [1.54, 1.807) is 27.7 Å². The Morgan fingerprint density at radius 2 is 1.15 bits per heavy atom. The molecule has 0 unspecified atom stereocenters. The van der Waals surface area contributed by atoms with Crippen LogP contribution in [0.25, 0.3) is 0 Å². The summed E-state index contributed by atoms with van der Waals surface area (Å²) in [5.41, 5.74) is 10.9. The molecule has 2 fully saturated rings. The van der Waals surface area contributed by atoms with E-state index in [0.717, 1.165) is 0 Å². The molecule has 0 aliphatic carbocycles. The van der Waals surface area contributed by atoms with E-state index >= 15 is 0 Å². The lowest BCUT2D eigenvalue weighted by atomic mass is 9.99. The van der Waals surface area contributed by atoms with Gasteiger partial charge in [0.1, 0.15) is 42.8 Å². The molecule has 0 aromatic rings. The molecule has 2 saturated heterocycles. The van der Waals surface area contributed by atoms with E-state index in [2.05, 4.69) is 21.3 Å². The average molecular weight is 840 g/mol. The number of rotatable bonds is 23. The molecule has 23 heteroatoms. The third-order valence-corrected chi connectivity index (χ3v) is 9.70. The Bertz CT molecular complexity index is 1620. The van der Waals surface area contributed by atoms with Crippen LogP contribution in [0.3, 0.4) is 0 Å². The van der Waals surface area contributed by atoms with Crippen LogP contribution in [-0.4, -0.2) is 152 Å². The number of nitrogens with two attached hydrogens (primary N) is 2. The molecule has 0 aromatic carbocycles. The monoisotopic (exact) mass is 839 g/mol. The molecule has 330 valence electrons. The average Bonchev–Trinajstić information content (AvgIpc) is 3.83. The fourth-order valence-corrected chi connectivity index (χ4v) is 6.79. The molecule has 2 heterocycles. The van der Waals surface area contributed by atoms with E-state index in [4.69, 9.17) is 21.7 Å². The highest BCUT2D eigenvalue weighted by Crippen LogP contribution is 2.23. The predicted molar refractivity (Wildman–Crippen MR) is 203 cm³/mol. The molecule has 2 rings (SSSR count). The number of hydrogen-bond donors (Lipinski definition) is 10. The maximum atomic E-state index is 14.0. The first-order valence-corrected chi connectivity index (χ1v) is 19.3. The van der Waals surface area contributed by atoms with Gasteiger partial charge in [0.05, 0.1) is 18.9 Å². The van der Waals surface area contributed by atoms with Gasteiger partial charge in [-0.05, 0) is 50.4 Å². The summed E-state index contributed by atoms with van der Waals surface area (Å²) < 4.78 is 0. The summed E-state index contributed by atoms with van der Waals surface area (Å²) in [7, 11) is 0. The zero-order valence-electron chi connectivity index (χ0n) is 33.6. The van der Waals surface area contributed by atoms with Crippen molar-refractivity contribution < 1.29 is 68.1 Å². The summed E-state index contributed by atoms with van der Waals surface area (Å²) in [4.78, 5) is 141. The molecule has 8 amide bonds. The Morgan fingerprint density at radius 3 is 1.63 bits per heavy atom. The summed E-state index contributed by atoms with van der Waals surface area (Å²) in [5.74, 6) is -11.5. The summed E-state index contributed by atoms with van der Waals surface area (Å²) in [6.45, 7) is 6.18. The number of amides is 8. The number of carbonyl (C=O) groups excluding carboxylic acids is 8. The second-order valence-electron chi connectivity index (χ2n) is 15.3. The first-order valence-electron chi connectivity index (χ1n) is 19.3. The Morgan fingerprint density at radius 1 is 0.644 bits per heavy atom. The lowest BCUT2D eigenvalue weighted by Gasteiger charge is -2.33. The van der Waals surface area contributed by atoms with Gasteiger partial charge >= 0.3 is 17.9 Å². The minimum Gasteiger partial charge on any atom is -0.481 e. The zero-order chi connectivity index (χ0) is 44.7. The van der Waals surface area contributed by atoms with Gasteiger partial charge in [-0.2, -0.15) is 0 Å². The van der Waals surface area contributed by atoms with E-state index in [9.17, 15) is 57.8 Å². The van der Waals surface area contributed by atoms with E-state index in [1.165, 1.54) is 9.80 Å². The first-order chi connectivity index (χ1) is 27.5. The third kappa shape index (κ3) is 15.4. The molecule has 59 heavy (non-hydrogen) atoms. The summed E-state index contributed by atoms with van der Waals surface area (Å²) in [6, 6.07) is -9.26. The summed E-state index contributed by atoms with van der Waals surface area (Å²) in [6.07, 6.45) is -1.08. The standard InChI is InChI=1S/C36H57N9O14/c1-17(2)13-22(36(59)45-12-5-7-23(45)32(55)41-21(15-27(49)50)31(54)39-16-28(51)52)42-34(57)29(18(3)4)43-33(56)24-8-6-11-44(24)35(58)20(9-10-25(38)46)40-30(53)19(37)14-26(47)48/h17-24,29H,5-16,37H2,1-4H3,(H2,38,46)(H,39,54)(H,40,53)(H,41,55)(H,42,57)(H,43,56)(H,47,48)(H,49,50)(H,51,52)/t19-,20-,21-,22-,23-,24-,29-/m0/s1. The van der Waals surface area contributed by atoms with Crippen LogP contribution in [0, 0.1) is 11.8 Å². The summed E-state index contributed by atoms with van der Waals surface area (Å²) >= 11 is 0. The number of primary amides is 1. The van der Waals surface area contributed by atoms with Crippen LogP contribution in [0.4, 0.5) is 0 Å². The van der Waals surface area contributed by atoms with Crippen molar-refractivity contribution in [3.63, 3.8) is 0 Å². The van der Waals surface area contributed by atoms with E-state index in [0.29, 0.717) is 12.8 Å². The van der Waals surface area contributed by atoms with Gasteiger partial charge in [0.2, 0.25) is 47.3 Å². The lowest BCUT2D eigenvalue weighted by molar-refractivity contribution is -0.145. The van der Waals surface area contributed by atoms with Crippen LogP contribution >= 0.6 is 0 Å². The fraction of sp³-hybridized carbons (Fsp3) is 0.694. The highest BCUT2D eigenvalue weighted by molar-refractivity contribution is 5.98. The summed E-state index contributed by atoms with van der Waals surface area (Å²) in [5, 5.41) is 39.2. The van der Waals surface area contributed by atoms with Gasteiger partial charge in [-0.1, -0.05) is 27.7 Å². The molecular weight excluding hydrogens is 782 g/mol. The van der Waals surface area contributed by atoms with E-state index < -0.39 is 133 Å². The number of likely N-dealkylation sites (tertiary alicyclic amines) is 2. The number of nitrogens with one attached hydrogen (secondary N) is 5. The van der Waals surface area contributed by atoms with Gasteiger partial charge in [-0.15, -0.1) is 0 Å². The van der Waals surface area contributed by atoms with Crippen molar-refractivity contribution in [3.05, 3.63) is 0 Å². The van der Waals surface area contributed by atoms with Crippen molar-refractivity contribution in [2.24, 2.45) is 23.3 Å². The van der Waals surface area contributed by atoms with Crippen LogP contribution in [-0.2, 0) is 52.7 Å². The largest absolute Gasteiger partial charge is 0.481 e. The number of carbonyl (C=O) groups is 11. The predicted octanol–water partition coefficient (Wildman–Crippen LogP) is -3.65.